The van der Waals surface area contributed by atoms with Crippen molar-refractivity contribution in [1.82, 2.24) is 4.57 Å². The van der Waals surface area contributed by atoms with Crippen molar-refractivity contribution in [2.75, 3.05) is 7.11 Å². The van der Waals surface area contributed by atoms with Crippen molar-refractivity contribution in [3.05, 3.63) is 104 Å². The first-order valence-corrected chi connectivity index (χ1v) is 10.5. The van der Waals surface area contributed by atoms with Crippen LogP contribution in [0.4, 0.5) is 0 Å². The lowest BCUT2D eigenvalue weighted by Gasteiger charge is -2.27. The summed E-state index contributed by atoms with van der Waals surface area (Å²) in [5.74, 6) is 0.427. The van der Waals surface area contributed by atoms with E-state index >= 15 is 0 Å². The van der Waals surface area contributed by atoms with E-state index in [1.54, 1.807) is 35.9 Å². The second kappa shape index (κ2) is 8.81. The molecule has 7 heteroatoms. The maximum absolute atomic E-state index is 13.7. The van der Waals surface area contributed by atoms with Gasteiger partial charge in [0, 0.05) is 23.3 Å². The van der Waals surface area contributed by atoms with Crippen LogP contribution in [-0.2, 0) is 13.0 Å². The van der Waals surface area contributed by atoms with Gasteiger partial charge in [0.25, 0.3) is 5.56 Å². The molecule has 2 aromatic carbocycles. The predicted molar refractivity (Wildman–Crippen MR) is 123 cm³/mol. The number of halogens is 1. The van der Waals surface area contributed by atoms with E-state index in [2.05, 4.69) is 6.07 Å². The summed E-state index contributed by atoms with van der Waals surface area (Å²) >= 11 is 6.45. The molecule has 1 aliphatic heterocycles. The van der Waals surface area contributed by atoms with Crippen LogP contribution in [0.15, 0.2) is 70.8 Å². The highest BCUT2D eigenvalue weighted by atomic mass is 35.5. The molecule has 0 fully saturated rings. The van der Waals surface area contributed by atoms with Gasteiger partial charge in [0.15, 0.2) is 0 Å². The van der Waals surface area contributed by atoms with Gasteiger partial charge in [-0.15, -0.1) is 0 Å². The SMILES string of the molecule is COc1ccc(CCn2c(C)cc3c(c2=O)C(c2ccccc2Cl)C(C#N)=C(N)O3)cc1. The van der Waals surface area contributed by atoms with E-state index in [9.17, 15) is 10.1 Å². The number of allylic oxidation sites excluding steroid dienone is 1. The molecule has 1 aliphatic rings. The zero-order chi connectivity index (χ0) is 22.8. The van der Waals surface area contributed by atoms with Crippen molar-refractivity contribution in [1.29, 1.82) is 5.26 Å². The number of nitrogens with two attached hydrogens (primary N) is 1. The monoisotopic (exact) mass is 447 g/mol. The fourth-order valence-corrected chi connectivity index (χ4v) is 4.26. The number of hydrogen-bond donors (Lipinski definition) is 1. The average molecular weight is 448 g/mol. The molecule has 0 amide bonds. The van der Waals surface area contributed by atoms with Crippen LogP contribution in [0.2, 0.25) is 5.02 Å². The summed E-state index contributed by atoms with van der Waals surface area (Å²) in [5, 5.41) is 10.2. The first kappa shape index (κ1) is 21.5. The highest BCUT2D eigenvalue weighted by Gasteiger charge is 2.35. The second-order valence-corrected chi connectivity index (χ2v) is 7.97. The minimum absolute atomic E-state index is 0.0142. The third-order valence-corrected chi connectivity index (χ3v) is 6.03. The van der Waals surface area contributed by atoms with Crippen LogP contribution >= 0.6 is 11.6 Å². The normalized spacial score (nSPS) is 15.0. The maximum Gasteiger partial charge on any atom is 0.258 e. The molecule has 0 aliphatic carbocycles. The van der Waals surface area contributed by atoms with Crippen molar-refractivity contribution in [3.63, 3.8) is 0 Å². The molecule has 32 heavy (non-hydrogen) atoms. The number of hydrogen-bond acceptors (Lipinski definition) is 5. The van der Waals surface area contributed by atoms with E-state index in [4.69, 9.17) is 26.8 Å². The Labute approximate surface area is 191 Å². The molecule has 162 valence electrons. The van der Waals surface area contributed by atoms with E-state index in [1.807, 2.05) is 37.3 Å². The molecule has 4 rings (SSSR count). The Morgan fingerprint density at radius 2 is 1.94 bits per heavy atom. The van der Waals surface area contributed by atoms with Crippen molar-refractivity contribution >= 4 is 11.6 Å². The number of aryl methyl sites for hydroxylation is 2. The number of rotatable bonds is 5. The fourth-order valence-electron chi connectivity index (χ4n) is 4.02. The number of pyridine rings is 1. The Hall–Kier alpha value is -3.69. The van der Waals surface area contributed by atoms with Crippen LogP contribution in [0.3, 0.4) is 0 Å². The summed E-state index contributed by atoms with van der Waals surface area (Å²) in [7, 11) is 1.62. The number of nitrogens with zero attached hydrogens (tertiary/aromatic N) is 2. The van der Waals surface area contributed by atoms with Crippen molar-refractivity contribution < 1.29 is 9.47 Å². The number of methoxy groups -OCH3 is 1. The van der Waals surface area contributed by atoms with Gasteiger partial charge in [0.1, 0.15) is 23.1 Å². The molecule has 3 aromatic rings. The first-order valence-electron chi connectivity index (χ1n) is 10.1. The molecular weight excluding hydrogens is 426 g/mol. The van der Waals surface area contributed by atoms with Crippen molar-refractivity contribution in [2.45, 2.75) is 25.8 Å². The Morgan fingerprint density at radius 3 is 2.59 bits per heavy atom. The predicted octanol–water partition coefficient (Wildman–Crippen LogP) is 4.28. The fraction of sp³-hybridized carbons (Fsp3) is 0.200. The highest BCUT2D eigenvalue weighted by Crippen LogP contribution is 2.42. The highest BCUT2D eigenvalue weighted by molar-refractivity contribution is 6.31. The van der Waals surface area contributed by atoms with E-state index in [0.717, 1.165) is 17.0 Å². The van der Waals surface area contributed by atoms with E-state index in [0.29, 0.717) is 34.9 Å². The molecule has 1 atom stereocenters. The lowest BCUT2D eigenvalue weighted by atomic mass is 9.84. The van der Waals surface area contributed by atoms with Gasteiger partial charge >= 0.3 is 0 Å². The van der Waals surface area contributed by atoms with Crippen LogP contribution in [0.5, 0.6) is 11.5 Å². The second-order valence-electron chi connectivity index (χ2n) is 7.56. The van der Waals surface area contributed by atoms with E-state index in [1.165, 1.54) is 0 Å². The Bertz CT molecular complexity index is 1300. The van der Waals surface area contributed by atoms with Gasteiger partial charge in [0.05, 0.1) is 18.6 Å². The number of ether oxygens (including phenoxy) is 2. The summed E-state index contributed by atoms with van der Waals surface area (Å²) in [6.45, 7) is 2.32. The number of benzene rings is 2. The zero-order valence-electron chi connectivity index (χ0n) is 17.8. The van der Waals surface area contributed by atoms with Crippen LogP contribution < -0.4 is 20.8 Å². The van der Waals surface area contributed by atoms with Crippen LogP contribution in [0.25, 0.3) is 0 Å². The standard InChI is InChI=1S/C25H22ClN3O3/c1-15-13-21-23(25(30)29(15)12-11-16-7-9-17(31-2)10-8-16)22(19(14-27)24(28)32-21)18-5-3-4-6-20(18)26/h3-10,13,22H,11-12,28H2,1-2H3. The van der Waals surface area contributed by atoms with E-state index < -0.39 is 5.92 Å². The third kappa shape index (κ3) is 3.83. The van der Waals surface area contributed by atoms with E-state index in [-0.39, 0.29) is 17.0 Å². The lowest BCUT2D eigenvalue weighted by Crippen LogP contribution is -2.33. The van der Waals surface area contributed by atoms with Gasteiger partial charge in [-0.05, 0) is 42.7 Å². The zero-order valence-corrected chi connectivity index (χ0v) is 18.5. The maximum atomic E-state index is 13.7. The van der Waals surface area contributed by atoms with Gasteiger partial charge < -0.3 is 19.8 Å². The van der Waals surface area contributed by atoms with Crippen LogP contribution in [0.1, 0.15) is 28.3 Å². The number of nitriles is 1. The van der Waals surface area contributed by atoms with Crippen molar-refractivity contribution in [2.24, 2.45) is 5.73 Å². The molecule has 0 radical (unpaired) electrons. The quantitative estimate of drug-likeness (QED) is 0.630. The summed E-state index contributed by atoms with van der Waals surface area (Å²) in [6, 6.07) is 18.8. The van der Waals surface area contributed by atoms with Crippen LogP contribution in [0, 0.1) is 18.3 Å². The summed E-state index contributed by atoms with van der Waals surface area (Å²) < 4.78 is 12.6. The molecule has 1 aromatic heterocycles. The van der Waals surface area contributed by atoms with Gasteiger partial charge in [0.2, 0.25) is 5.88 Å². The minimum Gasteiger partial charge on any atom is -0.497 e. The largest absolute Gasteiger partial charge is 0.497 e. The number of aromatic nitrogens is 1. The molecule has 1 unspecified atom stereocenters. The third-order valence-electron chi connectivity index (χ3n) is 5.69. The molecule has 0 bridgehead atoms. The smallest absolute Gasteiger partial charge is 0.258 e. The molecule has 2 N–H and O–H groups in total. The minimum atomic E-state index is -0.696. The van der Waals surface area contributed by atoms with Gasteiger partial charge in [-0.1, -0.05) is 41.9 Å². The topological polar surface area (TPSA) is 90.3 Å². The van der Waals surface area contributed by atoms with Crippen LogP contribution in [-0.4, -0.2) is 11.7 Å². The summed E-state index contributed by atoms with van der Waals surface area (Å²) in [5.41, 5.74) is 8.83. The molecule has 6 nitrogen and oxygen atoms in total. The molecule has 0 spiro atoms. The number of fused-ring (bicyclic) bond motifs is 1. The Morgan fingerprint density at radius 1 is 1.22 bits per heavy atom. The first-order chi connectivity index (χ1) is 15.4. The average Bonchev–Trinajstić information content (AvgIpc) is 2.79. The lowest BCUT2D eigenvalue weighted by molar-refractivity contribution is 0.388. The Kier molecular flexibility index (Phi) is 5.93. The molecule has 0 saturated carbocycles. The Balaban J connectivity index is 1.79. The van der Waals surface area contributed by atoms with Gasteiger partial charge in [-0.2, -0.15) is 5.26 Å². The summed E-state index contributed by atoms with van der Waals surface area (Å²) in [4.78, 5) is 13.7. The molecule has 2 heterocycles. The molecular formula is C25H22ClN3O3. The van der Waals surface area contributed by atoms with Gasteiger partial charge in [-0.3, -0.25) is 4.79 Å². The molecule has 0 saturated heterocycles. The summed E-state index contributed by atoms with van der Waals surface area (Å²) in [6.07, 6.45) is 0.657. The van der Waals surface area contributed by atoms with Crippen molar-refractivity contribution in [3.8, 4) is 17.6 Å². The van der Waals surface area contributed by atoms with Gasteiger partial charge in [-0.25, -0.2) is 0 Å².